The van der Waals surface area contributed by atoms with Gasteiger partial charge in [0, 0.05) is 37.9 Å². The number of carbonyl (C=O) groups excluding carboxylic acids is 3. The lowest BCUT2D eigenvalue weighted by Gasteiger charge is -2.32. The number of amides is 3. The summed E-state index contributed by atoms with van der Waals surface area (Å²) in [6.45, 7) is 0.0166. The molecule has 2 atom stereocenters. The summed E-state index contributed by atoms with van der Waals surface area (Å²) in [5, 5.41) is 14.6. The number of alkyl halides is 3. The molecule has 4 rings (SSSR count). The molecule has 3 amide bonds. The van der Waals surface area contributed by atoms with Gasteiger partial charge in [-0.25, -0.2) is 0 Å². The van der Waals surface area contributed by atoms with Gasteiger partial charge in [-0.15, -0.1) is 0 Å². The maximum atomic E-state index is 13.3. The zero-order valence-electron chi connectivity index (χ0n) is 20.3. The number of hydrogen-bond acceptors (Lipinski definition) is 5. The van der Waals surface area contributed by atoms with Crippen LogP contribution in [-0.4, -0.2) is 78.1 Å². The van der Waals surface area contributed by atoms with Gasteiger partial charge in [0.05, 0.1) is 25.0 Å². The average molecular weight is 519 g/mol. The topological polar surface area (TPSA) is 102 Å². The van der Waals surface area contributed by atoms with Gasteiger partial charge in [-0.2, -0.15) is 13.2 Å². The molecular weight excluding hydrogens is 489 g/mol. The molecule has 0 spiro atoms. The Morgan fingerprint density at radius 2 is 2.03 bits per heavy atom. The molecule has 2 aliphatic rings. The molecule has 1 fully saturated rings. The molecule has 2 aromatic rings. The molecule has 0 unspecified atom stereocenters. The lowest BCUT2D eigenvalue weighted by molar-refractivity contribution is -0.131. The number of aliphatic hydroxyl groups is 1. The highest BCUT2D eigenvalue weighted by atomic mass is 19.4. The smallest absolute Gasteiger partial charge is 0.392 e. The normalized spacial score (nSPS) is 18.3. The summed E-state index contributed by atoms with van der Waals surface area (Å²) >= 11 is 0. The van der Waals surface area contributed by atoms with Crippen LogP contribution in [0.1, 0.15) is 39.5 Å². The summed E-state index contributed by atoms with van der Waals surface area (Å²) in [4.78, 5) is 40.9. The molecule has 0 saturated carbocycles. The van der Waals surface area contributed by atoms with E-state index in [9.17, 15) is 32.7 Å². The molecule has 198 valence electrons. The molecule has 37 heavy (non-hydrogen) atoms. The molecule has 0 radical (unpaired) electrons. The molecular formula is C26H29F3N4O4. The number of likely N-dealkylation sites (N-methyl/N-ethyl adjacent to an activating group) is 1. The number of halogens is 3. The maximum Gasteiger partial charge on any atom is 0.405 e. The van der Waals surface area contributed by atoms with E-state index in [2.05, 4.69) is 5.32 Å². The first-order chi connectivity index (χ1) is 17.5. The lowest BCUT2D eigenvalue weighted by atomic mass is 10.0. The third-order valence-electron chi connectivity index (χ3n) is 6.68. The third-order valence-corrected chi connectivity index (χ3v) is 6.68. The number of likely N-dealkylation sites (tertiary alicyclic amines) is 1. The van der Waals surface area contributed by atoms with E-state index in [4.69, 9.17) is 0 Å². The fourth-order valence-corrected chi connectivity index (χ4v) is 4.69. The summed E-state index contributed by atoms with van der Waals surface area (Å²) in [5.41, 5.74) is 2.95. The maximum absolute atomic E-state index is 13.3. The molecule has 8 nitrogen and oxygen atoms in total. The quantitative estimate of drug-likeness (QED) is 0.498. The minimum absolute atomic E-state index is 0.0587. The molecule has 0 aliphatic carbocycles. The van der Waals surface area contributed by atoms with Gasteiger partial charge in [0.15, 0.2) is 0 Å². The van der Waals surface area contributed by atoms with Crippen LogP contribution in [-0.2, 0) is 22.4 Å². The van der Waals surface area contributed by atoms with Crippen LogP contribution in [0.4, 0.5) is 18.9 Å². The molecule has 0 aromatic heterocycles. The van der Waals surface area contributed by atoms with E-state index in [0.717, 1.165) is 11.1 Å². The Morgan fingerprint density at radius 3 is 2.73 bits per heavy atom. The SMILES string of the molecule is CN(C(=O)Cc1ccc2c(c1)NC(=O)C2)[C@H](CN1CC[C@@H](O)C1)c1cccc(C(=O)NCC(F)(F)F)c1. The number of nitrogens with one attached hydrogen (secondary N) is 2. The van der Waals surface area contributed by atoms with E-state index in [1.807, 2.05) is 22.3 Å². The number of β-amino-alcohol motifs (C(OH)–C–C–N with tert-alkyl or cyclic N) is 1. The monoisotopic (exact) mass is 518 g/mol. The molecule has 2 aromatic carbocycles. The van der Waals surface area contributed by atoms with E-state index < -0.39 is 30.8 Å². The molecule has 11 heteroatoms. The van der Waals surface area contributed by atoms with Crippen molar-refractivity contribution in [3.8, 4) is 0 Å². The third kappa shape index (κ3) is 6.86. The Balaban J connectivity index is 1.53. The molecule has 2 aliphatic heterocycles. The van der Waals surface area contributed by atoms with Crippen LogP contribution < -0.4 is 10.6 Å². The minimum Gasteiger partial charge on any atom is -0.392 e. The summed E-state index contributed by atoms with van der Waals surface area (Å²) < 4.78 is 37.7. The van der Waals surface area contributed by atoms with Crippen molar-refractivity contribution in [1.82, 2.24) is 15.1 Å². The van der Waals surface area contributed by atoms with Gasteiger partial charge >= 0.3 is 6.18 Å². The highest BCUT2D eigenvalue weighted by molar-refractivity contribution is 5.99. The summed E-state index contributed by atoms with van der Waals surface area (Å²) in [7, 11) is 1.64. The Bertz CT molecular complexity index is 1190. The fraction of sp³-hybridized carbons (Fsp3) is 0.423. The van der Waals surface area contributed by atoms with Gasteiger partial charge < -0.3 is 20.6 Å². The Morgan fingerprint density at radius 1 is 1.24 bits per heavy atom. The second-order valence-corrected chi connectivity index (χ2v) is 9.54. The minimum atomic E-state index is -4.53. The fourth-order valence-electron chi connectivity index (χ4n) is 4.69. The van der Waals surface area contributed by atoms with E-state index in [1.165, 1.54) is 12.1 Å². The Hall–Kier alpha value is -3.44. The number of hydrogen-bond donors (Lipinski definition) is 3. The van der Waals surface area contributed by atoms with Crippen LogP contribution in [0.2, 0.25) is 0 Å². The first kappa shape index (κ1) is 26.6. The predicted molar refractivity (Wildman–Crippen MR) is 130 cm³/mol. The number of fused-ring (bicyclic) bond motifs is 1. The molecule has 2 heterocycles. The highest BCUT2D eigenvalue weighted by Gasteiger charge is 2.30. The lowest BCUT2D eigenvalue weighted by Crippen LogP contribution is -2.40. The number of anilines is 1. The van der Waals surface area contributed by atoms with Crippen molar-refractivity contribution >= 4 is 23.4 Å². The average Bonchev–Trinajstić information content (AvgIpc) is 3.43. The number of benzene rings is 2. The summed E-state index contributed by atoms with van der Waals surface area (Å²) in [6.07, 6.45) is -4.02. The van der Waals surface area contributed by atoms with E-state index in [1.54, 1.807) is 30.1 Å². The van der Waals surface area contributed by atoms with Crippen molar-refractivity contribution in [2.45, 2.75) is 37.6 Å². The number of carbonyl (C=O) groups is 3. The van der Waals surface area contributed by atoms with Crippen molar-refractivity contribution < 1.29 is 32.7 Å². The van der Waals surface area contributed by atoms with Crippen LogP contribution in [0, 0.1) is 0 Å². The van der Waals surface area contributed by atoms with Crippen molar-refractivity contribution in [3.63, 3.8) is 0 Å². The van der Waals surface area contributed by atoms with Gasteiger partial charge in [-0.1, -0.05) is 24.3 Å². The van der Waals surface area contributed by atoms with Crippen molar-refractivity contribution in [2.75, 3.05) is 38.5 Å². The number of aliphatic hydroxyl groups excluding tert-OH is 1. The number of nitrogens with zero attached hydrogens (tertiary/aromatic N) is 2. The van der Waals surface area contributed by atoms with Crippen LogP contribution >= 0.6 is 0 Å². The Labute approximate surface area is 212 Å². The molecule has 3 N–H and O–H groups in total. The van der Waals surface area contributed by atoms with E-state index >= 15 is 0 Å². The van der Waals surface area contributed by atoms with Crippen molar-refractivity contribution in [3.05, 3.63) is 64.7 Å². The van der Waals surface area contributed by atoms with Gasteiger partial charge in [0.25, 0.3) is 5.91 Å². The van der Waals surface area contributed by atoms with Crippen LogP contribution in [0.5, 0.6) is 0 Å². The van der Waals surface area contributed by atoms with Crippen LogP contribution in [0.25, 0.3) is 0 Å². The first-order valence-electron chi connectivity index (χ1n) is 12.0. The van der Waals surface area contributed by atoms with Crippen molar-refractivity contribution in [2.24, 2.45) is 0 Å². The second kappa shape index (κ2) is 10.9. The van der Waals surface area contributed by atoms with Gasteiger partial charge in [0.1, 0.15) is 6.54 Å². The van der Waals surface area contributed by atoms with E-state index in [0.29, 0.717) is 43.7 Å². The van der Waals surface area contributed by atoms with E-state index in [-0.39, 0.29) is 23.8 Å². The highest BCUT2D eigenvalue weighted by Crippen LogP contribution is 2.27. The van der Waals surface area contributed by atoms with Crippen LogP contribution in [0.3, 0.4) is 0 Å². The van der Waals surface area contributed by atoms with Gasteiger partial charge in [-0.05, 0) is 41.3 Å². The zero-order chi connectivity index (χ0) is 26.7. The zero-order valence-corrected chi connectivity index (χ0v) is 20.3. The van der Waals surface area contributed by atoms with Gasteiger partial charge in [-0.3, -0.25) is 19.3 Å². The number of rotatable bonds is 8. The first-order valence-corrected chi connectivity index (χ1v) is 12.0. The predicted octanol–water partition coefficient (Wildman–Crippen LogP) is 2.28. The molecule has 1 saturated heterocycles. The summed E-state index contributed by atoms with van der Waals surface area (Å²) in [6, 6.07) is 11.1. The molecule has 0 bridgehead atoms. The Kier molecular flexibility index (Phi) is 7.84. The van der Waals surface area contributed by atoms with Crippen LogP contribution in [0.15, 0.2) is 42.5 Å². The summed E-state index contributed by atoms with van der Waals surface area (Å²) in [5.74, 6) is -1.16. The second-order valence-electron chi connectivity index (χ2n) is 9.54. The standard InChI is InChI=1S/C26H29F3N4O4/c1-32(24(36)10-16-5-6-17-12-23(35)31-21(17)9-16)22(14-33-8-7-20(34)13-33)18-3-2-4-19(11-18)25(37)30-15-26(27,28)29/h2-6,9,11,20,22,34H,7-8,10,12-15H2,1H3,(H,30,37)(H,31,35)/t20-,22-/m1/s1. The van der Waals surface area contributed by atoms with Gasteiger partial charge in [0.2, 0.25) is 11.8 Å². The largest absolute Gasteiger partial charge is 0.405 e. The van der Waals surface area contributed by atoms with Crippen molar-refractivity contribution in [1.29, 1.82) is 0 Å².